The largest absolute Gasteiger partial charge is 0.397 e. The van der Waals surface area contributed by atoms with Crippen LogP contribution in [0, 0.1) is 0 Å². The number of aromatic nitrogens is 1. The molecule has 1 amide bonds. The second kappa shape index (κ2) is 5.61. The highest BCUT2D eigenvalue weighted by molar-refractivity contribution is 6.03. The Labute approximate surface area is 113 Å². The summed E-state index contributed by atoms with van der Waals surface area (Å²) in [5, 5.41) is 2.88. The van der Waals surface area contributed by atoms with Crippen LogP contribution >= 0.6 is 0 Å². The smallest absolute Gasteiger partial charge is 0.272 e. The van der Waals surface area contributed by atoms with Crippen LogP contribution in [0.25, 0.3) is 0 Å². The van der Waals surface area contributed by atoms with Crippen LogP contribution in [0.5, 0.6) is 0 Å². The molecule has 0 aliphatic carbocycles. The highest BCUT2D eigenvalue weighted by Gasteiger charge is 2.12. The Bertz CT molecular complexity index is 570. The standard InChI is InChI=1S/C15H19N3O/c1-3-11-5-7-13(8-6-11)17-15(19)14-9-12(16)10-18(14)4-2/h5-10H,3-4,16H2,1-2H3,(H,17,19). The van der Waals surface area contributed by atoms with Gasteiger partial charge in [0.1, 0.15) is 5.69 Å². The number of carbonyl (C=O) groups is 1. The van der Waals surface area contributed by atoms with Crippen molar-refractivity contribution in [2.24, 2.45) is 0 Å². The second-order valence-corrected chi connectivity index (χ2v) is 4.45. The number of nitrogens with zero attached hydrogens (tertiary/aromatic N) is 1. The fourth-order valence-corrected chi connectivity index (χ4v) is 2.00. The average molecular weight is 257 g/mol. The zero-order valence-electron chi connectivity index (χ0n) is 11.3. The van der Waals surface area contributed by atoms with Gasteiger partial charge in [-0.05, 0) is 37.1 Å². The van der Waals surface area contributed by atoms with Crippen LogP contribution in [0.3, 0.4) is 0 Å². The molecule has 100 valence electrons. The van der Waals surface area contributed by atoms with Crippen LogP contribution in [-0.4, -0.2) is 10.5 Å². The third-order valence-electron chi connectivity index (χ3n) is 3.11. The molecule has 0 atom stereocenters. The molecular weight excluding hydrogens is 238 g/mol. The zero-order chi connectivity index (χ0) is 13.8. The van der Waals surface area contributed by atoms with E-state index < -0.39 is 0 Å². The molecule has 2 aromatic rings. The lowest BCUT2D eigenvalue weighted by atomic mass is 10.1. The van der Waals surface area contributed by atoms with E-state index in [1.165, 1.54) is 5.56 Å². The van der Waals surface area contributed by atoms with Crippen LogP contribution in [0.1, 0.15) is 29.9 Å². The van der Waals surface area contributed by atoms with Crippen molar-refractivity contribution in [1.82, 2.24) is 4.57 Å². The lowest BCUT2D eigenvalue weighted by Crippen LogP contribution is -2.16. The number of benzene rings is 1. The molecule has 4 nitrogen and oxygen atoms in total. The predicted molar refractivity (Wildman–Crippen MR) is 78.3 cm³/mol. The number of hydrogen-bond acceptors (Lipinski definition) is 2. The fourth-order valence-electron chi connectivity index (χ4n) is 2.00. The quantitative estimate of drug-likeness (QED) is 0.884. The van der Waals surface area contributed by atoms with Gasteiger partial charge in [-0.1, -0.05) is 19.1 Å². The Kier molecular flexibility index (Phi) is 3.90. The van der Waals surface area contributed by atoms with Crippen molar-refractivity contribution in [3.8, 4) is 0 Å². The van der Waals surface area contributed by atoms with Crippen LogP contribution in [0.4, 0.5) is 11.4 Å². The van der Waals surface area contributed by atoms with Crippen molar-refractivity contribution in [2.75, 3.05) is 11.1 Å². The van der Waals surface area contributed by atoms with Gasteiger partial charge in [-0.3, -0.25) is 4.79 Å². The average Bonchev–Trinajstić information content (AvgIpc) is 2.81. The van der Waals surface area contributed by atoms with E-state index in [0.29, 0.717) is 17.9 Å². The fraction of sp³-hybridized carbons (Fsp3) is 0.267. The van der Waals surface area contributed by atoms with E-state index in [1.807, 2.05) is 35.8 Å². The molecule has 1 heterocycles. The summed E-state index contributed by atoms with van der Waals surface area (Å²) in [6.07, 6.45) is 2.76. The Morgan fingerprint density at radius 2 is 1.95 bits per heavy atom. The Balaban J connectivity index is 2.15. The molecule has 0 saturated carbocycles. The summed E-state index contributed by atoms with van der Waals surface area (Å²) in [5.41, 5.74) is 8.96. The molecule has 0 radical (unpaired) electrons. The van der Waals surface area contributed by atoms with E-state index in [2.05, 4.69) is 12.2 Å². The zero-order valence-corrected chi connectivity index (χ0v) is 11.3. The van der Waals surface area contributed by atoms with Crippen LogP contribution in [-0.2, 0) is 13.0 Å². The number of nitrogens with one attached hydrogen (secondary N) is 1. The van der Waals surface area contributed by atoms with Crippen LogP contribution in [0.15, 0.2) is 36.5 Å². The summed E-state index contributed by atoms with van der Waals surface area (Å²) < 4.78 is 1.84. The number of rotatable bonds is 4. The molecule has 0 unspecified atom stereocenters. The number of nitrogen functional groups attached to an aromatic ring is 1. The van der Waals surface area contributed by atoms with Crippen molar-refractivity contribution in [3.63, 3.8) is 0 Å². The molecular formula is C15H19N3O. The summed E-state index contributed by atoms with van der Waals surface area (Å²) in [6, 6.07) is 9.56. The Hall–Kier alpha value is -2.23. The highest BCUT2D eigenvalue weighted by Crippen LogP contribution is 2.15. The summed E-state index contributed by atoms with van der Waals surface area (Å²) in [7, 11) is 0. The molecule has 2 rings (SSSR count). The van der Waals surface area contributed by atoms with Crippen molar-refractivity contribution in [2.45, 2.75) is 26.8 Å². The van der Waals surface area contributed by atoms with Gasteiger partial charge in [-0.25, -0.2) is 0 Å². The molecule has 1 aromatic carbocycles. The van der Waals surface area contributed by atoms with E-state index in [4.69, 9.17) is 5.73 Å². The minimum atomic E-state index is -0.136. The van der Waals surface area contributed by atoms with Crippen molar-refractivity contribution < 1.29 is 4.79 Å². The monoisotopic (exact) mass is 257 g/mol. The number of carbonyl (C=O) groups excluding carboxylic acids is 1. The van der Waals surface area contributed by atoms with Gasteiger partial charge < -0.3 is 15.6 Å². The molecule has 0 aliphatic heterocycles. The maximum absolute atomic E-state index is 12.2. The molecule has 0 spiro atoms. The first-order valence-corrected chi connectivity index (χ1v) is 6.50. The topological polar surface area (TPSA) is 60.1 Å². The SMILES string of the molecule is CCc1ccc(NC(=O)c2cc(N)cn2CC)cc1. The minimum absolute atomic E-state index is 0.136. The lowest BCUT2D eigenvalue weighted by molar-refractivity contribution is 0.101. The third kappa shape index (κ3) is 2.96. The third-order valence-corrected chi connectivity index (χ3v) is 3.11. The van der Waals surface area contributed by atoms with Gasteiger partial charge in [-0.15, -0.1) is 0 Å². The number of hydrogen-bond donors (Lipinski definition) is 2. The van der Waals surface area contributed by atoms with Gasteiger partial charge in [-0.2, -0.15) is 0 Å². The second-order valence-electron chi connectivity index (χ2n) is 4.45. The first-order valence-electron chi connectivity index (χ1n) is 6.50. The summed E-state index contributed by atoms with van der Waals surface area (Å²) in [6.45, 7) is 4.80. The molecule has 0 saturated heterocycles. The summed E-state index contributed by atoms with van der Waals surface area (Å²) in [5.74, 6) is -0.136. The van der Waals surface area contributed by atoms with Gasteiger partial charge in [0.15, 0.2) is 0 Å². The number of aryl methyl sites for hydroxylation is 2. The molecule has 0 fully saturated rings. The van der Waals surface area contributed by atoms with Crippen LogP contribution < -0.4 is 11.1 Å². The minimum Gasteiger partial charge on any atom is -0.397 e. The summed E-state index contributed by atoms with van der Waals surface area (Å²) in [4.78, 5) is 12.2. The van der Waals surface area contributed by atoms with E-state index in [0.717, 1.165) is 12.1 Å². The van der Waals surface area contributed by atoms with Gasteiger partial charge in [0.05, 0.1) is 5.69 Å². The molecule has 0 aliphatic rings. The van der Waals surface area contributed by atoms with Crippen molar-refractivity contribution in [1.29, 1.82) is 0 Å². The number of nitrogens with two attached hydrogens (primary N) is 1. The number of amides is 1. The molecule has 4 heteroatoms. The Morgan fingerprint density at radius 1 is 1.26 bits per heavy atom. The summed E-state index contributed by atoms with van der Waals surface area (Å²) >= 11 is 0. The maximum atomic E-state index is 12.2. The maximum Gasteiger partial charge on any atom is 0.272 e. The van der Waals surface area contributed by atoms with E-state index in [1.54, 1.807) is 12.3 Å². The van der Waals surface area contributed by atoms with Gasteiger partial charge in [0.2, 0.25) is 0 Å². The molecule has 1 aromatic heterocycles. The van der Waals surface area contributed by atoms with Crippen molar-refractivity contribution in [3.05, 3.63) is 47.8 Å². The Morgan fingerprint density at radius 3 is 2.53 bits per heavy atom. The predicted octanol–water partition coefficient (Wildman–Crippen LogP) is 2.90. The van der Waals surface area contributed by atoms with Gasteiger partial charge in [0, 0.05) is 18.4 Å². The first kappa shape index (κ1) is 13.2. The van der Waals surface area contributed by atoms with Crippen molar-refractivity contribution >= 4 is 17.3 Å². The molecule has 0 bridgehead atoms. The first-order chi connectivity index (χ1) is 9.13. The van der Waals surface area contributed by atoms with E-state index in [-0.39, 0.29) is 5.91 Å². The number of anilines is 2. The molecule has 19 heavy (non-hydrogen) atoms. The van der Waals surface area contributed by atoms with Gasteiger partial charge >= 0.3 is 0 Å². The van der Waals surface area contributed by atoms with E-state index >= 15 is 0 Å². The molecule has 3 N–H and O–H groups in total. The van der Waals surface area contributed by atoms with Gasteiger partial charge in [0.25, 0.3) is 5.91 Å². The van der Waals surface area contributed by atoms with E-state index in [9.17, 15) is 4.79 Å². The lowest BCUT2D eigenvalue weighted by Gasteiger charge is -2.08. The highest BCUT2D eigenvalue weighted by atomic mass is 16.1. The van der Waals surface area contributed by atoms with Crippen LogP contribution in [0.2, 0.25) is 0 Å². The normalized spacial score (nSPS) is 10.4.